The highest BCUT2D eigenvalue weighted by Crippen LogP contribution is 2.28. The average Bonchev–Trinajstić information content (AvgIpc) is 2.28. The van der Waals surface area contributed by atoms with E-state index in [-0.39, 0.29) is 30.4 Å². The minimum absolute atomic E-state index is 0.0570. The van der Waals surface area contributed by atoms with Crippen LogP contribution < -0.4 is 10.1 Å². The number of hydrogen-bond donors (Lipinski definition) is 1. The van der Waals surface area contributed by atoms with Crippen molar-refractivity contribution in [3.8, 4) is 5.75 Å². The van der Waals surface area contributed by atoms with E-state index < -0.39 is 11.6 Å². The lowest BCUT2D eigenvalue weighted by atomic mass is 10.2. The van der Waals surface area contributed by atoms with E-state index in [9.17, 15) is 13.6 Å². The molecule has 0 aliphatic heterocycles. The predicted octanol–water partition coefficient (Wildman–Crippen LogP) is 1.86. The van der Waals surface area contributed by atoms with Crippen LogP contribution in [0, 0.1) is 11.6 Å². The summed E-state index contributed by atoms with van der Waals surface area (Å²) in [6, 6.07) is 1.85. The van der Waals surface area contributed by atoms with Crippen LogP contribution >= 0.6 is 0 Å². The van der Waals surface area contributed by atoms with E-state index in [0.717, 1.165) is 12.1 Å². The highest BCUT2D eigenvalue weighted by Gasteiger charge is 2.12. The molecule has 0 aromatic heterocycles. The number of carbonyl (C=O) groups excluding carboxylic acids is 1. The molecule has 1 rings (SSSR count). The molecule has 0 spiro atoms. The first-order valence-corrected chi connectivity index (χ1v) is 5.45. The summed E-state index contributed by atoms with van der Waals surface area (Å²) in [6.07, 6.45) is 0.147. The maximum absolute atomic E-state index is 13.4. The van der Waals surface area contributed by atoms with Crippen molar-refractivity contribution in [1.29, 1.82) is 0 Å². The first kappa shape index (κ1) is 14.2. The molecule has 0 bridgehead atoms. The number of benzene rings is 1. The number of carbonyl (C=O) groups is 1. The molecule has 0 fully saturated rings. The first-order valence-electron chi connectivity index (χ1n) is 5.45. The second-order valence-corrected chi connectivity index (χ2v) is 3.90. The van der Waals surface area contributed by atoms with Crippen LogP contribution in [0.15, 0.2) is 12.1 Å². The van der Waals surface area contributed by atoms with Gasteiger partial charge in [0.15, 0.2) is 5.82 Å². The Bertz CT molecular complexity index is 436. The fourth-order valence-corrected chi connectivity index (χ4v) is 1.38. The molecule has 1 aromatic rings. The number of anilines is 1. The zero-order valence-electron chi connectivity index (χ0n) is 10.6. The largest absolute Gasteiger partial charge is 0.491 e. The topological polar surface area (TPSA) is 41.6 Å². The second-order valence-electron chi connectivity index (χ2n) is 3.90. The molecule has 1 N–H and O–H groups in total. The molecular formula is C12H16F2N2O2. The summed E-state index contributed by atoms with van der Waals surface area (Å²) in [5.74, 6) is -1.51. The Balaban J connectivity index is 2.70. The maximum Gasteiger partial charge on any atom is 0.225 e. The normalized spacial score (nSPS) is 10.1. The van der Waals surface area contributed by atoms with E-state index in [1.54, 1.807) is 14.1 Å². The summed E-state index contributed by atoms with van der Waals surface area (Å²) in [5, 5.41) is 2.59. The summed E-state index contributed by atoms with van der Waals surface area (Å²) >= 11 is 0. The van der Waals surface area contributed by atoms with Gasteiger partial charge in [-0.2, -0.15) is 0 Å². The zero-order valence-corrected chi connectivity index (χ0v) is 10.6. The lowest BCUT2D eigenvalue weighted by Gasteiger charge is -2.13. The number of amides is 1. The molecule has 0 aliphatic rings. The van der Waals surface area contributed by atoms with E-state index in [4.69, 9.17) is 4.74 Å². The van der Waals surface area contributed by atoms with Crippen molar-refractivity contribution in [2.24, 2.45) is 0 Å². The Hall–Kier alpha value is -1.85. The van der Waals surface area contributed by atoms with Gasteiger partial charge in [-0.05, 0) is 0 Å². The first-order chi connectivity index (χ1) is 8.45. The molecule has 0 heterocycles. The summed E-state index contributed by atoms with van der Waals surface area (Å²) in [6.45, 7) is 0.0641. The van der Waals surface area contributed by atoms with Gasteiger partial charge in [-0.3, -0.25) is 4.79 Å². The van der Waals surface area contributed by atoms with E-state index in [1.807, 2.05) is 0 Å². The lowest BCUT2D eigenvalue weighted by Crippen LogP contribution is -2.23. The Kier molecular flexibility index (Phi) is 4.88. The number of ether oxygens (including phenoxy) is 1. The summed E-state index contributed by atoms with van der Waals surface area (Å²) in [4.78, 5) is 12.7. The Morgan fingerprint density at radius 3 is 2.61 bits per heavy atom. The molecule has 0 aliphatic carbocycles. The number of nitrogens with zero attached hydrogens (tertiary/aromatic N) is 1. The third-order valence-electron chi connectivity index (χ3n) is 2.34. The van der Waals surface area contributed by atoms with E-state index >= 15 is 0 Å². The average molecular weight is 258 g/mol. The molecule has 6 heteroatoms. The van der Waals surface area contributed by atoms with Crippen molar-refractivity contribution >= 4 is 11.6 Å². The van der Waals surface area contributed by atoms with E-state index in [2.05, 4.69) is 5.32 Å². The van der Waals surface area contributed by atoms with Crippen LogP contribution in [0.5, 0.6) is 5.75 Å². The van der Waals surface area contributed by atoms with Gasteiger partial charge in [0.2, 0.25) is 5.91 Å². The molecule has 18 heavy (non-hydrogen) atoms. The fraction of sp³-hybridized carbons (Fsp3) is 0.417. The van der Waals surface area contributed by atoms with Crippen LogP contribution in [0.2, 0.25) is 0 Å². The zero-order chi connectivity index (χ0) is 13.7. The molecular weight excluding hydrogens is 242 g/mol. The summed E-state index contributed by atoms with van der Waals surface area (Å²) in [5.41, 5.74) is 0.0775. The Morgan fingerprint density at radius 1 is 1.39 bits per heavy atom. The van der Waals surface area contributed by atoms with E-state index in [1.165, 1.54) is 11.9 Å². The van der Waals surface area contributed by atoms with Gasteiger partial charge in [0.05, 0.1) is 13.0 Å². The number of nitrogens with one attached hydrogen (secondary N) is 1. The lowest BCUT2D eigenvalue weighted by molar-refractivity contribution is -0.129. The van der Waals surface area contributed by atoms with Gasteiger partial charge in [0.25, 0.3) is 0 Å². The SMILES string of the molecule is CNc1c(F)cc(F)cc1OCCC(=O)N(C)C. The Labute approximate surface area is 105 Å². The number of rotatable bonds is 5. The molecule has 0 saturated carbocycles. The van der Waals surface area contributed by atoms with Gasteiger partial charge in [-0.15, -0.1) is 0 Å². The molecule has 0 saturated heterocycles. The number of halogens is 2. The molecule has 4 nitrogen and oxygen atoms in total. The van der Waals surface area contributed by atoms with Crippen molar-refractivity contribution in [2.75, 3.05) is 33.1 Å². The monoisotopic (exact) mass is 258 g/mol. The Morgan fingerprint density at radius 2 is 2.06 bits per heavy atom. The second kappa shape index (κ2) is 6.18. The summed E-state index contributed by atoms with van der Waals surface area (Å²) in [7, 11) is 4.76. The fourth-order valence-electron chi connectivity index (χ4n) is 1.38. The van der Waals surface area contributed by atoms with Gasteiger partial charge in [0, 0.05) is 33.3 Å². The maximum atomic E-state index is 13.4. The van der Waals surface area contributed by atoms with Crippen LogP contribution in [0.4, 0.5) is 14.5 Å². The van der Waals surface area contributed by atoms with E-state index in [0.29, 0.717) is 0 Å². The van der Waals surface area contributed by atoms with Crippen molar-refractivity contribution < 1.29 is 18.3 Å². The minimum Gasteiger partial charge on any atom is -0.491 e. The molecule has 1 aromatic carbocycles. The quantitative estimate of drug-likeness (QED) is 0.876. The van der Waals surface area contributed by atoms with Crippen molar-refractivity contribution in [3.05, 3.63) is 23.8 Å². The third kappa shape index (κ3) is 3.58. The smallest absolute Gasteiger partial charge is 0.225 e. The highest BCUT2D eigenvalue weighted by atomic mass is 19.1. The molecule has 0 atom stereocenters. The van der Waals surface area contributed by atoms with Crippen LogP contribution in [-0.2, 0) is 4.79 Å². The molecule has 0 unspecified atom stereocenters. The highest BCUT2D eigenvalue weighted by molar-refractivity contribution is 5.75. The van der Waals surface area contributed by atoms with Gasteiger partial charge >= 0.3 is 0 Å². The van der Waals surface area contributed by atoms with Gasteiger partial charge in [-0.25, -0.2) is 8.78 Å². The van der Waals surface area contributed by atoms with Gasteiger partial charge in [0.1, 0.15) is 17.3 Å². The number of hydrogen-bond acceptors (Lipinski definition) is 3. The minimum atomic E-state index is -0.730. The van der Waals surface area contributed by atoms with Crippen LogP contribution in [0.1, 0.15) is 6.42 Å². The van der Waals surface area contributed by atoms with Gasteiger partial charge in [-0.1, -0.05) is 0 Å². The van der Waals surface area contributed by atoms with Crippen LogP contribution in [0.3, 0.4) is 0 Å². The van der Waals surface area contributed by atoms with Crippen molar-refractivity contribution in [1.82, 2.24) is 4.90 Å². The van der Waals surface area contributed by atoms with Crippen LogP contribution in [-0.4, -0.2) is 38.6 Å². The van der Waals surface area contributed by atoms with Crippen LogP contribution in [0.25, 0.3) is 0 Å². The molecule has 100 valence electrons. The summed E-state index contributed by atoms with van der Waals surface area (Å²) < 4.78 is 31.6. The molecule has 1 amide bonds. The van der Waals surface area contributed by atoms with Crippen molar-refractivity contribution in [3.63, 3.8) is 0 Å². The van der Waals surface area contributed by atoms with Gasteiger partial charge < -0.3 is 15.0 Å². The van der Waals surface area contributed by atoms with Crippen molar-refractivity contribution in [2.45, 2.75) is 6.42 Å². The third-order valence-corrected chi connectivity index (χ3v) is 2.34. The standard InChI is InChI=1S/C12H16F2N2O2/c1-15-12-9(14)6-8(13)7-10(12)18-5-4-11(17)16(2)3/h6-7,15H,4-5H2,1-3H3. The molecule has 0 radical (unpaired) electrons. The predicted molar refractivity (Wildman–Crippen MR) is 64.7 cm³/mol.